The van der Waals surface area contributed by atoms with Crippen LogP contribution in [0.4, 0.5) is 5.69 Å². The summed E-state index contributed by atoms with van der Waals surface area (Å²) in [6.07, 6.45) is 1.81. The summed E-state index contributed by atoms with van der Waals surface area (Å²) in [5, 5.41) is 3.73. The molecule has 0 aliphatic rings. The Hall–Kier alpha value is -3.14. The van der Waals surface area contributed by atoms with Gasteiger partial charge in [0.15, 0.2) is 0 Å². The lowest BCUT2D eigenvalue weighted by atomic mass is 9.97. The highest BCUT2D eigenvalue weighted by Gasteiger charge is 2.10. The van der Waals surface area contributed by atoms with Crippen LogP contribution in [0.2, 0.25) is 0 Å². The van der Waals surface area contributed by atoms with E-state index in [1.807, 2.05) is 49.5 Å². The molecule has 1 N–H and O–H groups in total. The van der Waals surface area contributed by atoms with Gasteiger partial charge in [0.1, 0.15) is 5.75 Å². The average Bonchev–Trinajstić information content (AvgIpc) is 2.64. The van der Waals surface area contributed by atoms with Gasteiger partial charge in [0.05, 0.1) is 18.5 Å². The molecule has 0 spiro atoms. The third-order valence-corrected chi connectivity index (χ3v) is 3.91. The average molecular weight is 317 g/mol. The van der Waals surface area contributed by atoms with Crippen LogP contribution in [0.3, 0.4) is 0 Å². The van der Waals surface area contributed by atoms with Gasteiger partial charge >= 0.3 is 0 Å². The molecule has 0 radical (unpaired) electrons. The summed E-state index contributed by atoms with van der Waals surface area (Å²) in [5.41, 5.74) is 9.15. The van der Waals surface area contributed by atoms with E-state index in [-0.39, 0.29) is 0 Å². The molecule has 0 atom stereocenters. The normalized spacial score (nSPS) is 10.2. The molecule has 0 bridgehead atoms. The van der Waals surface area contributed by atoms with Crippen molar-refractivity contribution in [3.05, 3.63) is 66.4 Å². The molecule has 0 unspecified atom stereocenters. The van der Waals surface area contributed by atoms with Crippen molar-refractivity contribution in [1.82, 2.24) is 4.98 Å². The summed E-state index contributed by atoms with van der Waals surface area (Å²) >= 11 is 0. The standard InChI is InChI=1S/C20H19N3O/c1-14-13-16(8-11-19(14)23-21-2)18-5-4-12-22-20(18)15-6-9-17(24-3)10-7-15/h4-13,23H,2H2,1,3H3. The van der Waals surface area contributed by atoms with E-state index < -0.39 is 0 Å². The molecule has 1 aromatic heterocycles. The second-order valence-electron chi connectivity index (χ2n) is 5.43. The number of nitrogens with one attached hydrogen (secondary N) is 1. The Bertz CT molecular complexity index is 857. The lowest BCUT2D eigenvalue weighted by molar-refractivity contribution is 0.415. The number of benzene rings is 2. The molecule has 24 heavy (non-hydrogen) atoms. The smallest absolute Gasteiger partial charge is 0.118 e. The SMILES string of the molecule is C=NNc1ccc(-c2cccnc2-c2ccc(OC)cc2)cc1C. The van der Waals surface area contributed by atoms with Crippen LogP contribution in [0.5, 0.6) is 5.75 Å². The summed E-state index contributed by atoms with van der Waals surface area (Å²) in [4.78, 5) is 4.58. The number of rotatable bonds is 5. The van der Waals surface area contributed by atoms with Crippen molar-refractivity contribution in [2.75, 3.05) is 12.5 Å². The third-order valence-electron chi connectivity index (χ3n) is 3.91. The van der Waals surface area contributed by atoms with Crippen molar-refractivity contribution in [2.24, 2.45) is 5.10 Å². The van der Waals surface area contributed by atoms with Gasteiger partial charge in [-0.2, -0.15) is 5.10 Å². The highest BCUT2D eigenvalue weighted by atomic mass is 16.5. The molecular formula is C20H19N3O. The van der Waals surface area contributed by atoms with Gasteiger partial charge in [0.25, 0.3) is 0 Å². The van der Waals surface area contributed by atoms with E-state index in [4.69, 9.17) is 4.74 Å². The fourth-order valence-corrected chi connectivity index (χ4v) is 2.66. The van der Waals surface area contributed by atoms with Crippen molar-refractivity contribution in [2.45, 2.75) is 6.92 Å². The molecule has 3 aromatic rings. The maximum atomic E-state index is 5.23. The molecule has 0 aliphatic heterocycles. The van der Waals surface area contributed by atoms with Crippen LogP contribution in [0.15, 0.2) is 65.9 Å². The minimum absolute atomic E-state index is 0.833. The summed E-state index contributed by atoms with van der Waals surface area (Å²) in [5.74, 6) is 0.833. The Labute approximate surface area is 141 Å². The second-order valence-corrected chi connectivity index (χ2v) is 5.43. The highest BCUT2D eigenvalue weighted by Crippen LogP contribution is 2.32. The molecular weight excluding hydrogens is 298 g/mol. The zero-order valence-electron chi connectivity index (χ0n) is 13.8. The number of pyridine rings is 1. The minimum atomic E-state index is 0.833. The minimum Gasteiger partial charge on any atom is -0.497 e. The number of nitrogens with zero attached hydrogens (tertiary/aromatic N) is 2. The fraction of sp³-hybridized carbons (Fsp3) is 0.100. The Kier molecular flexibility index (Phi) is 4.57. The zero-order chi connectivity index (χ0) is 16.9. The number of aromatic nitrogens is 1. The van der Waals surface area contributed by atoms with Crippen LogP contribution in [-0.2, 0) is 0 Å². The van der Waals surface area contributed by atoms with Gasteiger partial charge < -0.3 is 4.74 Å². The van der Waals surface area contributed by atoms with Crippen molar-refractivity contribution in [3.63, 3.8) is 0 Å². The van der Waals surface area contributed by atoms with Crippen LogP contribution < -0.4 is 10.2 Å². The Balaban J connectivity index is 2.05. The van der Waals surface area contributed by atoms with Gasteiger partial charge in [-0.05, 0) is 60.5 Å². The molecule has 0 amide bonds. The Morgan fingerprint density at radius 2 is 1.79 bits per heavy atom. The van der Waals surface area contributed by atoms with Gasteiger partial charge in [-0.3, -0.25) is 10.4 Å². The fourth-order valence-electron chi connectivity index (χ4n) is 2.66. The Morgan fingerprint density at radius 3 is 2.46 bits per heavy atom. The summed E-state index contributed by atoms with van der Waals surface area (Å²) in [6, 6.07) is 18.2. The molecule has 0 fully saturated rings. The van der Waals surface area contributed by atoms with Crippen LogP contribution in [0.25, 0.3) is 22.4 Å². The maximum Gasteiger partial charge on any atom is 0.118 e. The van der Waals surface area contributed by atoms with Crippen molar-refractivity contribution in [1.29, 1.82) is 0 Å². The van der Waals surface area contributed by atoms with Crippen LogP contribution >= 0.6 is 0 Å². The van der Waals surface area contributed by atoms with Crippen LogP contribution in [0, 0.1) is 6.92 Å². The van der Waals surface area contributed by atoms with E-state index >= 15 is 0 Å². The first-order chi connectivity index (χ1) is 11.7. The van der Waals surface area contributed by atoms with Gasteiger partial charge in [-0.1, -0.05) is 12.1 Å². The number of hydrazone groups is 1. The Morgan fingerprint density at radius 1 is 1.04 bits per heavy atom. The quantitative estimate of drug-likeness (QED) is 0.545. The van der Waals surface area contributed by atoms with Gasteiger partial charge in [-0.15, -0.1) is 0 Å². The summed E-state index contributed by atoms with van der Waals surface area (Å²) < 4.78 is 5.23. The van der Waals surface area contributed by atoms with Gasteiger partial charge in [0, 0.05) is 24.0 Å². The summed E-state index contributed by atoms with van der Waals surface area (Å²) in [6.45, 7) is 5.51. The van der Waals surface area contributed by atoms with Gasteiger partial charge in [0.2, 0.25) is 0 Å². The largest absolute Gasteiger partial charge is 0.497 e. The molecule has 1 heterocycles. The molecule has 120 valence electrons. The molecule has 0 saturated carbocycles. The maximum absolute atomic E-state index is 5.23. The van der Waals surface area contributed by atoms with E-state index in [1.54, 1.807) is 7.11 Å². The van der Waals surface area contributed by atoms with E-state index in [9.17, 15) is 0 Å². The first-order valence-corrected chi connectivity index (χ1v) is 7.65. The number of anilines is 1. The molecule has 2 aromatic carbocycles. The predicted octanol–water partition coefficient (Wildman–Crippen LogP) is 4.76. The third kappa shape index (κ3) is 3.13. The zero-order valence-corrected chi connectivity index (χ0v) is 13.8. The lowest BCUT2D eigenvalue weighted by Crippen LogP contribution is -1.93. The highest BCUT2D eigenvalue weighted by molar-refractivity contribution is 5.82. The molecule has 4 heteroatoms. The molecule has 3 rings (SSSR count). The lowest BCUT2D eigenvalue weighted by Gasteiger charge is -2.12. The van der Waals surface area contributed by atoms with E-state index in [0.29, 0.717) is 0 Å². The summed E-state index contributed by atoms with van der Waals surface area (Å²) in [7, 11) is 1.66. The van der Waals surface area contributed by atoms with Gasteiger partial charge in [-0.25, -0.2) is 0 Å². The number of aryl methyl sites for hydroxylation is 1. The number of methoxy groups -OCH3 is 1. The van der Waals surface area contributed by atoms with Crippen LogP contribution in [-0.4, -0.2) is 18.8 Å². The van der Waals surface area contributed by atoms with E-state index in [2.05, 4.69) is 40.4 Å². The van der Waals surface area contributed by atoms with E-state index in [0.717, 1.165) is 39.4 Å². The van der Waals surface area contributed by atoms with Crippen molar-refractivity contribution < 1.29 is 4.74 Å². The molecule has 4 nitrogen and oxygen atoms in total. The molecule has 0 saturated heterocycles. The van der Waals surface area contributed by atoms with E-state index in [1.165, 1.54) is 0 Å². The second kappa shape index (κ2) is 6.96. The monoisotopic (exact) mass is 317 g/mol. The topological polar surface area (TPSA) is 46.5 Å². The van der Waals surface area contributed by atoms with Crippen LogP contribution in [0.1, 0.15) is 5.56 Å². The first kappa shape index (κ1) is 15.7. The number of hydrogen-bond acceptors (Lipinski definition) is 4. The van der Waals surface area contributed by atoms with Crippen molar-refractivity contribution in [3.8, 4) is 28.1 Å². The van der Waals surface area contributed by atoms with Crippen molar-refractivity contribution >= 4 is 12.4 Å². The predicted molar refractivity (Wildman–Crippen MR) is 99.6 cm³/mol. The first-order valence-electron chi connectivity index (χ1n) is 7.65. The number of hydrogen-bond donors (Lipinski definition) is 1. The molecule has 0 aliphatic carbocycles. The number of ether oxygens (including phenoxy) is 1.